The van der Waals surface area contributed by atoms with Crippen LogP contribution in [0.1, 0.15) is 26.2 Å². The molecule has 2 atom stereocenters. The fraction of sp³-hybridized carbons (Fsp3) is 1.00. The third kappa shape index (κ3) is 3.63. The third-order valence-electron chi connectivity index (χ3n) is 2.81. The van der Waals surface area contributed by atoms with E-state index in [1.807, 2.05) is 0 Å². The van der Waals surface area contributed by atoms with E-state index in [4.69, 9.17) is 5.11 Å². The molecular formula is C10H22N2O. The Morgan fingerprint density at radius 3 is 3.00 bits per heavy atom. The summed E-state index contributed by atoms with van der Waals surface area (Å²) < 4.78 is 0. The summed E-state index contributed by atoms with van der Waals surface area (Å²) in [4.78, 5) is 0. The van der Waals surface area contributed by atoms with E-state index in [9.17, 15) is 0 Å². The van der Waals surface area contributed by atoms with Gasteiger partial charge in [0.05, 0.1) is 0 Å². The van der Waals surface area contributed by atoms with Crippen molar-refractivity contribution in [3.8, 4) is 0 Å². The summed E-state index contributed by atoms with van der Waals surface area (Å²) in [5.74, 6) is 0.709. The van der Waals surface area contributed by atoms with Crippen molar-refractivity contribution in [2.75, 3.05) is 26.2 Å². The van der Waals surface area contributed by atoms with Crippen LogP contribution in [-0.4, -0.2) is 37.4 Å². The molecule has 0 aliphatic carbocycles. The molecule has 3 nitrogen and oxygen atoms in total. The SMILES string of the molecule is CCN[C@@H](CCO)[C@H]1CCCNC1. The van der Waals surface area contributed by atoms with E-state index in [0.717, 1.165) is 26.1 Å². The topological polar surface area (TPSA) is 44.3 Å². The van der Waals surface area contributed by atoms with Gasteiger partial charge in [-0.05, 0) is 44.8 Å². The molecular weight excluding hydrogens is 164 g/mol. The molecule has 0 aromatic rings. The second-order valence-corrected chi connectivity index (χ2v) is 3.78. The van der Waals surface area contributed by atoms with Crippen LogP contribution in [0.5, 0.6) is 0 Å². The first-order valence-electron chi connectivity index (χ1n) is 5.43. The summed E-state index contributed by atoms with van der Waals surface area (Å²) in [7, 11) is 0. The Bertz CT molecular complexity index is 118. The minimum atomic E-state index is 0.300. The second-order valence-electron chi connectivity index (χ2n) is 3.78. The summed E-state index contributed by atoms with van der Waals surface area (Å²) in [5.41, 5.74) is 0. The van der Waals surface area contributed by atoms with Gasteiger partial charge in [0.25, 0.3) is 0 Å². The van der Waals surface area contributed by atoms with E-state index in [1.165, 1.54) is 12.8 Å². The Morgan fingerprint density at radius 1 is 1.62 bits per heavy atom. The summed E-state index contributed by atoms with van der Waals surface area (Å²) in [5, 5.41) is 15.8. The van der Waals surface area contributed by atoms with Crippen LogP contribution < -0.4 is 10.6 Å². The molecule has 0 aromatic heterocycles. The predicted octanol–water partition coefficient (Wildman–Crippen LogP) is 0.346. The van der Waals surface area contributed by atoms with Gasteiger partial charge in [0.15, 0.2) is 0 Å². The van der Waals surface area contributed by atoms with Crippen LogP contribution >= 0.6 is 0 Å². The molecule has 3 heteroatoms. The Hall–Kier alpha value is -0.120. The van der Waals surface area contributed by atoms with Crippen molar-refractivity contribution in [3.05, 3.63) is 0 Å². The Balaban J connectivity index is 2.32. The maximum Gasteiger partial charge on any atom is 0.0445 e. The molecule has 0 amide bonds. The van der Waals surface area contributed by atoms with Gasteiger partial charge in [0.2, 0.25) is 0 Å². The molecule has 0 saturated carbocycles. The van der Waals surface area contributed by atoms with Crippen molar-refractivity contribution < 1.29 is 5.11 Å². The molecule has 1 heterocycles. The Morgan fingerprint density at radius 2 is 2.46 bits per heavy atom. The van der Waals surface area contributed by atoms with Crippen LogP contribution in [0.25, 0.3) is 0 Å². The molecule has 0 bridgehead atoms. The Labute approximate surface area is 80.9 Å². The first-order chi connectivity index (χ1) is 6.38. The Kier molecular flexibility index (Phi) is 5.35. The normalized spacial score (nSPS) is 25.8. The van der Waals surface area contributed by atoms with Gasteiger partial charge >= 0.3 is 0 Å². The van der Waals surface area contributed by atoms with Crippen molar-refractivity contribution in [3.63, 3.8) is 0 Å². The van der Waals surface area contributed by atoms with Gasteiger partial charge in [-0.25, -0.2) is 0 Å². The lowest BCUT2D eigenvalue weighted by atomic mass is 9.90. The molecule has 1 aliphatic heterocycles. The van der Waals surface area contributed by atoms with Crippen molar-refractivity contribution >= 4 is 0 Å². The number of hydrogen-bond acceptors (Lipinski definition) is 3. The van der Waals surface area contributed by atoms with Crippen molar-refractivity contribution in [1.29, 1.82) is 0 Å². The van der Waals surface area contributed by atoms with Gasteiger partial charge in [0.1, 0.15) is 0 Å². The van der Waals surface area contributed by atoms with Crippen LogP contribution in [0.4, 0.5) is 0 Å². The number of nitrogens with one attached hydrogen (secondary N) is 2. The lowest BCUT2D eigenvalue weighted by Crippen LogP contribution is -2.44. The van der Waals surface area contributed by atoms with E-state index in [2.05, 4.69) is 17.6 Å². The fourth-order valence-electron chi connectivity index (χ4n) is 2.13. The molecule has 0 aromatic carbocycles. The number of aliphatic hydroxyl groups excluding tert-OH is 1. The zero-order valence-corrected chi connectivity index (χ0v) is 8.55. The van der Waals surface area contributed by atoms with E-state index in [1.54, 1.807) is 0 Å². The van der Waals surface area contributed by atoms with Crippen molar-refractivity contribution in [2.24, 2.45) is 5.92 Å². The molecule has 13 heavy (non-hydrogen) atoms. The van der Waals surface area contributed by atoms with Crippen LogP contribution in [0.2, 0.25) is 0 Å². The number of rotatable bonds is 5. The van der Waals surface area contributed by atoms with Crippen LogP contribution in [0.15, 0.2) is 0 Å². The van der Waals surface area contributed by atoms with Gasteiger partial charge in [-0.2, -0.15) is 0 Å². The predicted molar refractivity (Wildman–Crippen MR) is 54.8 cm³/mol. The summed E-state index contributed by atoms with van der Waals surface area (Å²) in [6, 6.07) is 0.503. The molecule has 1 fully saturated rings. The highest BCUT2D eigenvalue weighted by Gasteiger charge is 2.21. The van der Waals surface area contributed by atoms with Gasteiger partial charge in [0, 0.05) is 12.6 Å². The minimum Gasteiger partial charge on any atom is -0.396 e. The zero-order chi connectivity index (χ0) is 9.52. The third-order valence-corrected chi connectivity index (χ3v) is 2.81. The molecule has 3 N–H and O–H groups in total. The lowest BCUT2D eigenvalue weighted by molar-refractivity contribution is 0.216. The summed E-state index contributed by atoms with van der Waals surface area (Å²) in [6.45, 7) is 5.70. The number of aliphatic hydroxyl groups is 1. The molecule has 1 rings (SSSR count). The highest BCUT2D eigenvalue weighted by Crippen LogP contribution is 2.16. The minimum absolute atomic E-state index is 0.300. The summed E-state index contributed by atoms with van der Waals surface area (Å²) >= 11 is 0. The smallest absolute Gasteiger partial charge is 0.0445 e. The van der Waals surface area contributed by atoms with Gasteiger partial charge in [-0.15, -0.1) is 0 Å². The van der Waals surface area contributed by atoms with Crippen LogP contribution in [0.3, 0.4) is 0 Å². The fourth-order valence-corrected chi connectivity index (χ4v) is 2.13. The molecule has 78 valence electrons. The highest BCUT2D eigenvalue weighted by molar-refractivity contribution is 4.80. The first-order valence-corrected chi connectivity index (χ1v) is 5.43. The number of hydrogen-bond donors (Lipinski definition) is 3. The standard InChI is InChI=1S/C10H22N2O/c1-2-12-10(5-7-13)9-4-3-6-11-8-9/h9-13H,2-8H2,1H3/t9-,10-/m0/s1. The molecule has 0 radical (unpaired) electrons. The van der Waals surface area contributed by atoms with E-state index < -0.39 is 0 Å². The van der Waals surface area contributed by atoms with Gasteiger partial charge < -0.3 is 15.7 Å². The van der Waals surface area contributed by atoms with Crippen molar-refractivity contribution in [2.45, 2.75) is 32.2 Å². The maximum absolute atomic E-state index is 8.93. The first kappa shape index (κ1) is 11.0. The van der Waals surface area contributed by atoms with Crippen LogP contribution in [-0.2, 0) is 0 Å². The quantitative estimate of drug-likeness (QED) is 0.580. The number of piperidine rings is 1. The van der Waals surface area contributed by atoms with E-state index in [0.29, 0.717) is 18.6 Å². The van der Waals surface area contributed by atoms with Crippen LogP contribution in [0, 0.1) is 5.92 Å². The van der Waals surface area contributed by atoms with Crippen molar-refractivity contribution in [1.82, 2.24) is 10.6 Å². The average molecular weight is 186 g/mol. The molecule has 1 saturated heterocycles. The molecule has 1 aliphatic rings. The highest BCUT2D eigenvalue weighted by atomic mass is 16.3. The van der Waals surface area contributed by atoms with Gasteiger partial charge in [-0.3, -0.25) is 0 Å². The lowest BCUT2D eigenvalue weighted by Gasteiger charge is -2.31. The van der Waals surface area contributed by atoms with E-state index >= 15 is 0 Å². The molecule has 0 spiro atoms. The zero-order valence-electron chi connectivity index (χ0n) is 8.55. The largest absolute Gasteiger partial charge is 0.396 e. The maximum atomic E-state index is 8.93. The molecule has 0 unspecified atom stereocenters. The average Bonchev–Trinajstić information content (AvgIpc) is 2.19. The van der Waals surface area contributed by atoms with Gasteiger partial charge in [-0.1, -0.05) is 6.92 Å². The second kappa shape index (κ2) is 6.35. The monoisotopic (exact) mass is 186 g/mol. The summed E-state index contributed by atoms with van der Waals surface area (Å²) in [6.07, 6.45) is 3.46. The van der Waals surface area contributed by atoms with E-state index in [-0.39, 0.29) is 0 Å².